The molecular weight excluding hydrogens is 316 g/mol. The van der Waals surface area contributed by atoms with Crippen LogP contribution >= 0.6 is 11.6 Å². The zero-order chi connectivity index (χ0) is 16.4. The van der Waals surface area contributed by atoms with Crippen LogP contribution in [0.4, 0.5) is 0 Å². The molecule has 2 nitrogen and oxygen atoms in total. The van der Waals surface area contributed by atoms with E-state index in [0.29, 0.717) is 0 Å². The van der Waals surface area contributed by atoms with Gasteiger partial charge in [0.25, 0.3) is 0 Å². The van der Waals surface area contributed by atoms with Crippen molar-refractivity contribution in [3.05, 3.63) is 101 Å². The topological polar surface area (TPSA) is 17.8 Å². The lowest BCUT2D eigenvalue weighted by atomic mass is 10.1. The average molecular weight is 333 g/mol. The van der Waals surface area contributed by atoms with Crippen molar-refractivity contribution >= 4 is 22.6 Å². The van der Waals surface area contributed by atoms with Crippen LogP contribution in [0.1, 0.15) is 17.0 Å². The Bertz CT molecular complexity index is 973. The molecule has 0 unspecified atom stereocenters. The van der Waals surface area contributed by atoms with E-state index in [0.717, 1.165) is 40.4 Å². The molecule has 118 valence electrons. The van der Waals surface area contributed by atoms with Crippen LogP contribution in [0.5, 0.6) is 0 Å². The summed E-state index contributed by atoms with van der Waals surface area (Å²) in [5.41, 5.74) is 4.53. The van der Waals surface area contributed by atoms with Crippen molar-refractivity contribution in [2.24, 2.45) is 0 Å². The first-order chi connectivity index (χ1) is 11.8. The van der Waals surface area contributed by atoms with Crippen molar-refractivity contribution in [2.45, 2.75) is 13.0 Å². The highest BCUT2D eigenvalue weighted by Gasteiger charge is 2.12. The van der Waals surface area contributed by atoms with Crippen molar-refractivity contribution in [2.75, 3.05) is 0 Å². The molecule has 24 heavy (non-hydrogen) atoms. The Kier molecular flexibility index (Phi) is 4.06. The highest BCUT2D eigenvalue weighted by atomic mass is 35.5. The molecule has 0 radical (unpaired) electrons. The molecule has 0 fully saturated rings. The van der Waals surface area contributed by atoms with Gasteiger partial charge in [0, 0.05) is 11.4 Å². The van der Waals surface area contributed by atoms with E-state index in [1.54, 1.807) is 0 Å². The van der Waals surface area contributed by atoms with Crippen LogP contribution in [-0.4, -0.2) is 9.55 Å². The van der Waals surface area contributed by atoms with Gasteiger partial charge in [0.05, 0.1) is 17.6 Å². The highest BCUT2D eigenvalue weighted by molar-refractivity contribution is 6.31. The number of fused-ring (bicyclic) bond motifs is 1. The fraction of sp³-hybridized carbons (Fsp3) is 0.0952. The number of aromatic nitrogens is 2. The van der Waals surface area contributed by atoms with Gasteiger partial charge in [-0.05, 0) is 29.3 Å². The van der Waals surface area contributed by atoms with E-state index in [2.05, 4.69) is 53.1 Å². The van der Waals surface area contributed by atoms with Crippen LogP contribution in [0.2, 0.25) is 5.02 Å². The Hall–Kier alpha value is -2.58. The normalized spacial score (nSPS) is 11.0. The number of halogens is 1. The average Bonchev–Trinajstić information content (AvgIpc) is 2.95. The van der Waals surface area contributed by atoms with E-state index in [1.165, 1.54) is 5.56 Å². The largest absolute Gasteiger partial charge is 0.323 e. The summed E-state index contributed by atoms with van der Waals surface area (Å²) < 4.78 is 2.27. The van der Waals surface area contributed by atoms with E-state index < -0.39 is 0 Å². The third-order valence-corrected chi connectivity index (χ3v) is 4.59. The first-order valence-electron chi connectivity index (χ1n) is 8.03. The van der Waals surface area contributed by atoms with E-state index in [9.17, 15) is 0 Å². The van der Waals surface area contributed by atoms with Crippen molar-refractivity contribution in [1.29, 1.82) is 0 Å². The molecular formula is C21H17ClN2. The van der Waals surface area contributed by atoms with Crippen LogP contribution in [0.3, 0.4) is 0 Å². The fourth-order valence-electron chi connectivity index (χ4n) is 3.01. The molecule has 4 aromatic rings. The Morgan fingerprint density at radius 1 is 0.792 bits per heavy atom. The fourth-order valence-corrected chi connectivity index (χ4v) is 3.21. The van der Waals surface area contributed by atoms with E-state index in [4.69, 9.17) is 16.6 Å². The molecule has 0 bridgehead atoms. The molecule has 0 aliphatic carbocycles. The minimum Gasteiger partial charge on any atom is -0.323 e. The third kappa shape index (κ3) is 2.93. The Morgan fingerprint density at radius 3 is 2.33 bits per heavy atom. The molecule has 0 saturated carbocycles. The summed E-state index contributed by atoms with van der Waals surface area (Å²) in [4.78, 5) is 4.85. The predicted molar refractivity (Wildman–Crippen MR) is 99.5 cm³/mol. The van der Waals surface area contributed by atoms with Crippen LogP contribution in [0.25, 0.3) is 11.0 Å². The lowest BCUT2D eigenvalue weighted by Gasteiger charge is -2.11. The van der Waals surface area contributed by atoms with Gasteiger partial charge < -0.3 is 4.57 Å². The molecule has 0 aliphatic heterocycles. The van der Waals surface area contributed by atoms with E-state index in [-0.39, 0.29) is 0 Å². The second-order valence-corrected chi connectivity index (χ2v) is 6.26. The minimum absolute atomic E-state index is 0.725. The second-order valence-electron chi connectivity index (χ2n) is 5.86. The number of para-hydroxylation sites is 2. The van der Waals surface area contributed by atoms with Gasteiger partial charge in [-0.3, -0.25) is 0 Å². The van der Waals surface area contributed by atoms with Crippen LogP contribution in [0.15, 0.2) is 78.9 Å². The van der Waals surface area contributed by atoms with Gasteiger partial charge in [-0.25, -0.2) is 4.98 Å². The van der Waals surface area contributed by atoms with Crippen molar-refractivity contribution < 1.29 is 0 Å². The molecule has 3 heteroatoms. The maximum Gasteiger partial charge on any atom is 0.114 e. The van der Waals surface area contributed by atoms with Crippen LogP contribution in [0, 0.1) is 0 Å². The lowest BCUT2D eigenvalue weighted by molar-refractivity contribution is 0.762. The maximum absolute atomic E-state index is 6.37. The molecule has 0 aliphatic rings. The number of hydrogen-bond donors (Lipinski definition) is 0. The monoisotopic (exact) mass is 332 g/mol. The summed E-state index contributed by atoms with van der Waals surface area (Å²) in [6.45, 7) is 0.725. The molecule has 0 N–H and O–H groups in total. The first-order valence-corrected chi connectivity index (χ1v) is 8.40. The Labute approximate surface area is 146 Å². The SMILES string of the molecule is Clc1ccccc1Cn1c(Cc2ccccc2)nc2ccccc21. The first kappa shape index (κ1) is 15.0. The summed E-state index contributed by atoms with van der Waals surface area (Å²) in [5, 5.41) is 0.793. The number of nitrogens with zero attached hydrogens (tertiary/aromatic N) is 2. The standard InChI is InChI=1S/C21H17ClN2/c22-18-11-5-4-10-17(18)15-24-20-13-7-6-12-19(20)23-21(24)14-16-8-2-1-3-9-16/h1-13H,14-15H2. The molecule has 0 atom stereocenters. The molecule has 0 spiro atoms. The summed E-state index contributed by atoms with van der Waals surface area (Å²) in [6, 6.07) is 26.7. The maximum atomic E-state index is 6.37. The smallest absolute Gasteiger partial charge is 0.114 e. The van der Waals surface area contributed by atoms with Crippen LogP contribution in [-0.2, 0) is 13.0 Å². The minimum atomic E-state index is 0.725. The lowest BCUT2D eigenvalue weighted by Crippen LogP contribution is -2.06. The summed E-state index contributed by atoms with van der Waals surface area (Å²) in [5.74, 6) is 1.06. The second kappa shape index (κ2) is 6.50. The zero-order valence-corrected chi connectivity index (χ0v) is 13.9. The van der Waals surface area contributed by atoms with Crippen molar-refractivity contribution in [3.63, 3.8) is 0 Å². The number of imidazole rings is 1. The summed E-state index contributed by atoms with van der Waals surface area (Å²) >= 11 is 6.37. The van der Waals surface area contributed by atoms with Gasteiger partial charge >= 0.3 is 0 Å². The Morgan fingerprint density at radius 2 is 1.50 bits per heavy atom. The van der Waals surface area contributed by atoms with Crippen LogP contribution < -0.4 is 0 Å². The summed E-state index contributed by atoms with van der Waals surface area (Å²) in [7, 11) is 0. The quantitative estimate of drug-likeness (QED) is 0.494. The molecule has 1 heterocycles. The van der Waals surface area contributed by atoms with Gasteiger partial charge in [-0.15, -0.1) is 0 Å². The van der Waals surface area contributed by atoms with Gasteiger partial charge in [0.2, 0.25) is 0 Å². The van der Waals surface area contributed by atoms with E-state index in [1.807, 2.05) is 30.3 Å². The number of benzene rings is 3. The van der Waals surface area contributed by atoms with Crippen molar-refractivity contribution in [3.8, 4) is 0 Å². The van der Waals surface area contributed by atoms with Gasteiger partial charge in [0.15, 0.2) is 0 Å². The van der Waals surface area contributed by atoms with E-state index >= 15 is 0 Å². The molecule has 0 amide bonds. The highest BCUT2D eigenvalue weighted by Crippen LogP contribution is 2.23. The molecule has 4 rings (SSSR count). The van der Waals surface area contributed by atoms with Crippen molar-refractivity contribution in [1.82, 2.24) is 9.55 Å². The molecule has 0 saturated heterocycles. The summed E-state index contributed by atoms with van der Waals surface area (Å²) in [6.07, 6.45) is 0.806. The molecule has 3 aromatic carbocycles. The zero-order valence-electron chi connectivity index (χ0n) is 13.2. The Balaban J connectivity index is 1.80. The van der Waals surface area contributed by atoms with Gasteiger partial charge in [0.1, 0.15) is 5.82 Å². The molecule has 1 aromatic heterocycles. The van der Waals surface area contributed by atoms with Gasteiger partial charge in [-0.2, -0.15) is 0 Å². The number of rotatable bonds is 4. The third-order valence-electron chi connectivity index (χ3n) is 4.22. The predicted octanol–water partition coefficient (Wildman–Crippen LogP) is 5.33. The van der Waals surface area contributed by atoms with Gasteiger partial charge in [-0.1, -0.05) is 72.3 Å². The number of hydrogen-bond acceptors (Lipinski definition) is 1.